The van der Waals surface area contributed by atoms with Gasteiger partial charge in [0, 0.05) is 26.1 Å². The lowest BCUT2D eigenvalue weighted by atomic mass is 9.96. The van der Waals surface area contributed by atoms with Crippen LogP contribution in [0.4, 0.5) is 4.39 Å². The molecule has 0 bridgehead atoms. The quantitative estimate of drug-likeness (QED) is 0.816. The Balaban J connectivity index is 1.68. The highest BCUT2D eigenvalue weighted by Gasteiger charge is 2.26. The number of hydrogen-bond donors (Lipinski definition) is 0. The average molecular weight is 366 g/mol. The molecule has 0 radical (unpaired) electrons. The molecule has 1 saturated heterocycles. The van der Waals surface area contributed by atoms with E-state index < -0.39 is 0 Å². The maximum absolute atomic E-state index is 13.7. The van der Waals surface area contributed by atoms with Crippen molar-refractivity contribution in [1.82, 2.24) is 24.6 Å². The first kappa shape index (κ1) is 18.3. The van der Waals surface area contributed by atoms with Gasteiger partial charge in [-0.3, -0.25) is 4.90 Å². The summed E-state index contributed by atoms with van der Waals surface area (Å²) in [5.74, 6) is 2.04. The summed E-state index contributed by atoms with van der Waals surface area (Å²) in [6.45, 7) is 3.44. The highest BCUT2D eigenvalue weighted by molar-refractivity contribution is 6.30. The molecular formula is C18H25ClFN5. The Kier molecular flexibility index (Phi) is 5.71. The summed E-state index contributed by atoms with van der Waals surface area (Å²) in [5.41, 5.74) is 0.953. The third-order valence-electron chi connectivity index (χ3n) is 4.72. The molecule has 5 nitrogen and oxygen atoms in total. The Labute approximate surface area is 153 Å². The molecule has 0 N–H and O–H groups in total. The molecule has 1 aromatic carbocycles. The maximum Gasteiger partial charge on any atom is 0.146 e. The van der Waals surface area contributed by atoms with Gasteiger partial charge in [0.1, 0.15) is 17.5 Å². The van der Waals surface area contributed by atoms with Crippen LogP contribution in [0.25, 0.3) is 0 Å². The summed E-state index contributed by atoms with van der Waals surface area (Å²) in [4.78, 5) is 4.45. The second-order valence-electron chi connectivity index (χ2n) is 7.09. The first-order chi connectivity index (χ1) is 11.9. The fourth-order valence-corrected chi connectivity index (χ4v) is 3.58. The van der Waals surface area contributed by atoms with Gasteiger partial charge in [-0.05, 0) is 51.2 Å². The summed E-state index contributed by atoms with van der Waals surface area (Å²) in [7, 11) is 6.10. The van der Waals surface area contributed by atoms with Gasteiger partial charge in [0.25, 0.3) is 0 Å². The lowest BCUT2D eigenvalue weighted by Crippen LogP contribution is -2.35. The van der Waals surface area contributed by atoms with E-state index in [1.54, 1.807) is 6.07 Å². The van der Waals surface area contributed by atoms with Crippen molar-refractivity contribution in [3.63, 3.8) is 0 Å². The molecule has 136 valence electrons. The lowest BCUT2D eigenvalue weighted by molar-refractivity contribution is 0.194. The molecule has 1 aliphatic rings. The van der Waals surface area contributed by atoms with E-state index in [0.717, 1.165) is 56.2 Å². The third-order valence-corrected chi connectivity index (χ3v) is 5.02. The lowest BCUT2D eigenvalue weighted by Gasteiger charge is -2.32. The molecule has 2 aromatic rings. The topological polar surface area (TPSA) is 37.2 Å². The minimum Gasteiger partial charge on any atom is -0.317 e. The summed E-state index contributed by atoms with van der Waals surface area (Å²) in [5, 5.41) is 8.97. The Morgan fingerprint density at radius 3 is 2.84 bits per heavy atom. The van der Waals surface area contributed by atoms with Crippen LogP contribution >= 0.6 is 11.6 Å². The smallest absolute Gasteiger partial charge is 0.146 e. The second kappa shape index (κ2) is 7.81. The van der Waals surface area contributed by atoms with Crippen molar-refractivity contribution >= 4 is 11.6 Å². The van der Waals surface area contributed by atoms with Gasteiger partial charge in [-0.25, -0.2) is 4.39 Å². The highest BCUT2D eigenvalue weighted by atomic mass is 35.5. The van der Waals surface area contributed by atoms with Crippen molar-refractivity contribution in [1.29, 1.82) is 0 Å². The molecule has 0 saturated carbocycles. The maximum atomic E-state index is 13.7. The van der Waals surface area contributed by atoms with Gasteiger partial charge in [0.15, 0.2) is 0 Å². The fourth-order valence-electron chi connectivity index (χ4n) is 3.46. The molecule has 0 amide bonds. The third kappa shape index (κ3) is 4.37. The van der Waals surface area contributed by atoms with Crippen LogP contribution in [0.2, 0.25) is 5.02 Å². The molecule has 0 aliphatic carbocycles. The number of benzene rings is 1. The minimum atomic E-state index is -0.352. The Morgan fingerprint density at radius 2 is 2.12 bits per heavy atom. The summed E-state index contributed by atoms with van der Waals surface area (Å²) in [6.07, 6.45) is 2.22. The molecule has 25 heavy (non-hydrogen) atoms. The summed E-state index contributed by atoms with van der Waals surface area (Å²) < 4.78 is 15.8. The van der Waals surface area contributed by atoms with Crippen molar-refractivity contribution in [2.45, 2.75) is 31.8 Å². The molecular weight excluding hydrogens is 341 g/mol. The van der Waals surface area contributed by atoms with Gasteiger partial charge < -0.3 is 9.47 Å². The van der Waals surface area contributed by atoms with E-state index in [1.165, 1.54) is 6.07 Å². The highest BCUT2D eigenvalue weighted by Crippen LogP contribution is 2.27. The Morgan fingerprint density at radius 1 is 1.32 bits per heavy atom. The van der Waals surface area contributed by atoms with Crippen molar-refractivity contribution in [3.8, 4) is 0 Å². The zero-order chi connectivity index (χ0) is 18.0. The van der Waals surface area contributed by atoms with Crippen LogP contribution in [-0.2, 0) is 20.1 Å². The van der Waals surface area contributed by atoms with Crippen LogP contribution in [0.5, 0.6) is 0 Å². The first-order valence-corrected chi connectivity index (χ1v) is 9.01. The van der Waals surface area contributed by atoms with Gasteiger partial charge in [-0.1, -0.05) is 17.7 Å². The van der Waals surface area contributed by atoms with Crippen molar-refractivity contribution < 1.29 is 4.39 Å². The molecule has 1 aliphatic heterocycles. The monoisotopic (exact) mass is 365 g/mol. The van der Waals surface area contributed by atoms with E-state index in [4.69, 9.17) is 11.6 Å². The largest absolute Gasteiger partial charge is 0.317 e. The van der Waals surface area contributed by atoms with E-state index in [9.17, 15) is 4.39 Å². The van der Waals surface area contributed by atoms with E-state index in [2.05, 4.69) is 24.6 Å². The van der Waals surface area contributed by atoms with E-state index in [-0.39, 0.29) is 10.8 Å². The SMILES string of the molecule is CN(C)Cc1nnc(C2CCCN(Cc3ccc(Cl)c(F)c3)C2)n1C. The first-order valence-electron chi connectivity index (χ1n) is 8.63. The average Bonchev–Trinajstić information content (AvgIpc) is 2.91. The molecule has 7 heteroatoms. The van der Waals surface area contributed by atoms with Crippen LogP contribution < -0.4 is 0 Å². The van der Waals surface area contributed by atoms with Gasteiger partial charge in [-0.15, -0.1) is 10.2 Å². The predicted octanol–water partition coefficient (Wildman–Crippen LogP) is 3.05. The number of likely N-dealkylation sites (tertiary alicyclic amines) is 1. The van der Waals surface area contributed by atoms with Crippen LogP contribution in [0, 0.1) is 5.82 Å². The van der Waals surface area contributed by atoms with Gasteiger partial charge in [0.2, 0.25) is 0 Å². The van der Waals surface area contributed by atoms with Gasteiger partial charge in [0.05, 0.1) is 11.6 Å². The Bertz CT molecular complexity index is 730. The number of rotatable bonds is 5. The Hall–Kier alpha value is -1.50. The van der Waals surface area contributed by atoms with Crippen molar-refractivity contribution in [2.75, 3.05) is 27.2 Å². The van der Waals surface area contributed by atoms with Crippen molar-refractivity contribution in [2.24, 2.45) is 7.05 Å². The van der Waals surface area contributed by atoms with Crippen LogP contribution in [0.3, 0.4) is 0 Å². The standard InChI is InChI=1S/C18H25ClFN5/c1-23(2)12-17-21-22-18(24(17)3)14-5-4-8-25(11-14)10-13-6-7-15(19)16(20)9-13/h6-7,9,14H,4-5,8,10-12H2,1-3H3. The molecule has 1 unspecified atom stereocenters. The van der Waals surface area contributed by atoms with Crippen LogP contribution in [-0.4, -0.2) is 51.7 Å². The van der Waals surface area contributed by atoms with E-state index in [1.807, 2.05) is 27.2 Å². The summed E-state index contributed by atoms with van der Waals surface area (Å²) in [6, 6.07) is 5.06. The summed E-state index contributed by atoms with van der Waals surface area (Å²) >= 11 is 5.77. The minimum absolute atomic E-state index is 0.174. The van der Waals surface area contributed by atoms with E-state index in [0.29, 0.717) is 5.92 Å². The number of hydrogen-bond acceptors (Lipinski definition) is 4. The van der Waals surface area contributed by atoms with Gasteiger partial charge >= 0.3 is 0 Å². The molecule has 3 rings (SSSR count). The number of aromatic nitrogens is 3. The predicted molar refractivity (Wildman–Crippen MR) is 97.1 cm³/mol. The normalized spacial score (nSPS) is 18.9. The second-order valence-corrected chi connectivity index (χ2v) is 7.50. The number of halogens is 2. The molecule has 1 aromatic heterocycles. The van der Waals surface area contributed by atoms with Crippen molar-refractivity contribution in [3.05, 3.63) is 46.3 Å². The number of piperidine rings is 1. The zero-order valence-electron chi connectivity index (χ0n) is 15.0. The molecule has 1 atom stereocenters. The number of nitrogens with zero attached hydrogens (tertiary/aromatic N) is 5. The van der Waals surface area contributed by atoms with E-state index >= 15 is 0 Å². The van der Waals surface area contributed by atoms with Gasteiger partial charge in [-0.2, -0.15) is 0 Å². The van der Waals surface area contributed by atoms with Crippen LogP contribution in [0.15, 0.2) is 18.2 Å². The fraction of sp³-hybridized carbons (Fsp3) is 0.556. The zero-order valence-corrected chi connectivity index (χ0v) is 15.8. The molecule has 1 fully saturated rings. The molecule has 2 heterocycles. The van der Waals surface area contributed by atoms with Crippen LogP contribution in [0.1, 0.15) is 36.0 Å². The molecule has 0 spiro atoms.